The molecule has 0 aliphatic heterocycles. The first-order valence-electron chi connectivity index (χ1n) is 8.13. The Balaban J connectivity index is 2.08. The van der Waals surface area contributed by atoms with Crippen molar-refractivity contribution < 1.29 is 19.2 Å². The standard InChI is InChI=1S/C19H20N2O5/c1-13(8-9-14-6-4-3-5-7-14)20-18(22)15-10-16(19(23)26-2)12-17(11-15)21(24)25/h3-7,10-13H,8-9H2,1-2H3,(H,20,22). The van der Waals surface area contributed by atoms with E-state index in [0.29, 0.717) is 6.42 Å². The number of rotatable bonds is 7. The lowest BCUT2D eigenvalue weighted by molar-refractivity contribution is -0.384. The van der Waals surface area contributed by atoms with Crippen molar-refractivity contribution in [3.05, 3.63) is 75.3 Å². The summed E-state index contributed by atoms with van der Waals surface area (Å²) in [6, 6.07) is 13.3. The van der Waals surface area contributed by atoms with Gasteiger partial charge in [-0.2, -0.15) is 0 Å². The van der Waals surface area contributed by atoms with Crippen molar-refractivity contribution in [3.8, 4) is 0 Å². The van der Waals surface area contributed by atoms with Crippen molar-refractivity contribution in [1.82, 2.24) is 5.32 Å². The number of carbonyl (C=O) groups excluding carboxylic acids is 2. The van der Waals surface area contributed by atoms with E-state index in [1.165, 1.54) is 13.2 Å². The highest BCUT2D eigenvalue weighted by atomic mass is 16.6. The number of carbonyl (C=O) groups is 2. The van der Waals surface area contributed by atoms with Gasteiger partial charge < -0.3 is 10.1 Å². The minimum atomic E-state index is -0.736. The smallest absolute Gasteiger partial charge is 0.338 e. The quantitative estimate of drug-likeness (QED) is 0.467. The van der Waals surface area contributed by atoms with Gasteiger partial charge >= 0.3 is 5.97 Å². The van der Waals surface area contributed by atoms with Crippen LogP contribution in [0, 0.1) is 10.1 Å². The number of nitrogens with zero attached hydrogens (tertiary/aromatic N) is 1. The van der Waals surface area contributed by atoms with Gasteiger partial charge in [-0.3, -0.25) is 14.9 Å². The molecule has 7 heteroatoms. The van der Waals surface area contributed by atoms with Crippen molar-refractivity contribution in [3.63, 3.8) is 0 Å². The van der Waals surface area contributed by atoms with E-state index in [4.69, 9.17) is 0 Å². The molecule has 7 nitrogen and oxygen atoms in total. The van der Waals surface area contributed by atoms with Crippen LogP contribution in [0.3, 0.4) is 0 Å². The van der Waals surface area contributed by atoms with Crippen LogP contribution in [0.1, 0.15) is 39.6 Å². The highest BCUT2D eigenvalue weighted by Crippen LogP contribution is 2.18. The number of nitro benzene ring substituents is 1. The summed E-state index contributed by atoms with van der Waals surface area (Å²) in [5.74, 6) is -1.21. The van der Waals surface area contributed by atoms with Crippen LogP contribution in [0.5, 0.6) is 0 Å². The van der Waals surface area contributed by atoms with Gasteiger partial charge in [-0.15, -0.1) is 0 Å². The molecule has 0 aliphatic rings. The lowest BCUT2D eigenvalue weighted by Crippen LogP contribution is -2.33. The molecule has 2 aromatic carbocycles. The maximum absolute atomic E-state index is 12.4. The molecule has 0 bridgehead atoms. The molecule has 2 aromatic rings. The molecule has 1 N–H and O–H groups in total. The summed E-state index contributed by atoms with van der Waals surface area (Å²) in [5, 5.41) is 13.8. The number of hydrogen-bond acceptors (Lipinski definition) is 5. The zero-order valence-electron chi connectivity index (χ0n) is 14.6. The third-order valence-electron chi connectivity index (χ3n) is 3.90. The first-order valence-corrected chi connectivity index (χ1v) is 8.13. The normalized spacial score (nSPS) is 11.5. The summed E-state index contributed by atoms with van der Waals surface area (Å²) >= 11 is 0. The lowest BCUT2D eigenvalue weighted by Gasteiger charge is -2.14. The van der Waals surface area contributed by atoms with Crippen molar-refractivity contribution >= 4 is 17.6 Å². The van der Waals surface area contributed by atoms with Crippen LogP contribution in [0.25, 0.3) is 0 Å². The van der Waals surface area contributed by atoms with E-state index < -0.39 is 16.8 Å². The average molecular weight is 356 g/mol. The van der Waals surface area contributed by atoms with Crippen molar-refractivity contribution in [1.29, 1.82) is 0 Å². The second-order valence-corrected chi connectivity index (χ2v) is 5.92. The summed E-state index contributed by atoms with van der Waals surface area (Å²) in [5.41, 5.74) is 0.835. The van der Waals surface area contributed by atoms with Gasteiger partial charge in [0.25, 0.3) is 11.6 Å². The van der Waals surface area contributed by atoms with Crippen molar-refractivity contribution in [2.75, 3.05) is 7.11 Å². The summed E-state index contributed by atoms with van der Waals surface area (Å²) in [7, 11) is 1.17. The Morgan fingerprint density at radius 3 is 2.42 bits per heavy atom. The largest absolute Gasteiger partial charge is 0.465 e. The molecular weight excluding hydrogens is 336 g/mol. The van der Waals surface area contributed by atoms with Crippen molar-refractivity contribution in [2.45, 2.75) is 25.8 Å². The van der Waals surface area contributed by atoms with E-state index in [9.17, 15) is 19.7 Å². The summed E-state index contributed by atoms with van der Waals surface area (Å²) < 4.78 is 4.58. The molecule has 0 heterocycles. The molecule has 0 spiro atoms. The third-order valence-corrected chi connectivity index (χ3v) is 3.90. The SMILES string of the molecule is COC(=O)c1cc(C(=O)NC(C)CCc2ccccc2)cc([N+](=O)[O-])c1. The number of methoxy groups -OCH3 is 1. The monoisotopic (exact) mass is 356 g/mol. The fourth-order valence-electron chi connectivity index (χ4n) is 2.49. The van der Waals surface area contributed by atoms with Gasteiger partial charge in [-0.05, 0) is 31.4 Å². The zero-order chi connectivity index (χ0) is 19.1. The number of amides is 1. The first-order chi connectivity index (χ1) is 12.4. The van der Waals surface area contributed by atoms with Crippen molar-refractivity contribution in [2.24, 2.45) is 0 Å². The van der Waals surface area contributed by atoms with E-state index in [0.717, 1.165) is 24.1 Å². The maximum atomic E-state index is 12.4. The van der Waals surface area contributed by atoms with E-state index in [1.807, 2.05) is 37.3 Å². The van der Waals surface area contributed by atoms with Crippen LogP contribution in [0.15, 0.2) is 48.5 Å². The molecule has 1 amide bonds. The highest BCUT2D eigenvalue weighted by molar-refractivity contribution is 5.99. The molecule has 0 fully saturated rings. The summed E-state index contributed by atoms with van der Waals surface area (Å²) in [6.45, 7) is 1.86. The Labute approximate surface area is 151 Å². The van der Waals surface area contributed by atoms with Gasteiger partial charge in [0.05, 0.1) is 17.6 Å². The minimum absolute atomic E-state index is 0.0382. The number of non-ortho nitro benzene ring substituents is 1. The number of nitrogens with one attached hydrogen (secondary N) is 1. The number of esters is 1. The van der Waals surface area contributed by atoms with E-state index >= 15 is 0 Å². The van der Waals surface area contributed by atoms with Crippen LogP contribution >= 0.6 is 0 Å². The Kier molecular flexibility index (Phi) is 6.43. The molecule has 136 valence electrons. The van der Waals surface area contributed by atoms with Gasteiger partial charge in [0, 0.05) is 23.7 Å². The van der Waals surface area contributed by atoms with Gasteiger partial charge in [-0.1, -0.05) is 30.3 Å². The van der Waals surface area contributed by atoms with Gasteiger partial charge in [0.15, 0.2) is 0 Å². The Hall–Kier alpha value is -3.22. The van der Waals surface area contributed by atoms with Gasteiger partial charge in [-0.25, -0.2) is 4.79 Å². The molecule has 0 saturated heterocycles. The van der Waals surface area contributed by atoms with E-state index in [1.54, 1.807) is 0 Å². The van der Waals surface area contributed by atoms with Crippen LogP contribution in [0.4, 0.5) is 5.69 Å². The molecular formula is C19H20N2O5. The summed E-state index contributed by atoms with van der Waals surface area (Å²) in [6.07, 6.45) is 1.51. The molecule has 1 unspecified atom stereocenters. The van der Waals surface area contributed by atoms with Gasteiger partial charge in [0.1, 0.15) is 0 Å². The fourth-order valence-corrected chi connectivity index (χ4v) is 2.49. The van der Waals surface area contributed by atoms with Crippen LogP contribution in [-0.4, -0.2) is 30.0 Å². The minimum Gasteiger partial charge on any atom is -0.465 e. The molecule has 1 atom stereocenters. The predicted octanol–water partition coefficient (Wildman–Crippen LogP) is 3.13. The molecule has 0 saturated carbocycles. The fraction of sp³-hybridized carbons (Fsp3) is 0.263. The molecule has 0 radical (unpaired) electrons. The zero-order valence-corrected chi connectivity index (χ0v) is 14.6. The third kappa shape index (κ3) is 5.14. The molecule has 26 heavy (non-hydrogen) atoms. The number of ether oxygens (including phenoxy) is 1. The lowest BCUT2D eigenvalue weighted by atomic mass is 10.0. The Bertz CT molecular complexity index is 805. The summed E-state index contributed by atoms with van der Waals surface area (Å²) in [4.78, 5) is 34.5. The van der Waals surface area contributed by atoms with Crippen LogP contribution in [0.2, 0.25) is 0 Å². The topological polar surface area (TPSA) is 98.5 Å². The second kappa shape index (κ2) is 8.75. The van der Waals surface area contributed by atoms with Gasteiger partial charge in [0.2, 0.25) is 0 Å². The number of nitro groups is 1. The Morgan fingerprint density at radius 2 is 1.81 bits per heavy atom. The average Bonchev–Trinajstić information content (AvgIpc) is 2.66. The molecule has 2 rings (SSSR count). The number of hydrogen-bond donors (Lipinski definition) is 1. The van der Waals surface area contributed by atoms with E-state index in [2.05, 4.69) is 10.1 Å². The number of benzene rings is 2. The number of aryl methyl sites for hydroxylation is 1. The first kappa shape index (κ1) is 19.1. The van der Waals surface area contributed by atoms with Crippen LogP contribution in [-0.2, 0) is 11.2 Å². The molecule has 0 aromatic heterocycles. The maximum Gasteiger partial charge on any atom is 0.338 e. The highest BCUT2D eigenvalue weighted by Gasteiger charge is 2.19. The molecule has 0 aliphatic carbocycles. The Morgan fingerprint density at radius 1 is 1.15 bits per heavy atom. The second-order valence-electron chi connectivity index (χ2n) is 5.92. The van der Waals surface area contributed by atoms with Crippen LogP contribution < -0.4 is 5.32 Å². The predicted molar refractivity (Wildman–Crippen MR) is 96.1 cm³/mol. The van der Waals surface area contributed by atoms with E-state index in [-0.39, 0.29) is 22.9 Å².